The molecule has 0 aliphatic carbocycles. The number of pyridine rings is 1. The average Bonchev–Trinajstić information content (AvgIpc) is 3.26. The van der Waals surface area contributed by atoms with Gasteiger partial charge in [0.1, 0.15) is 5.01 Å². The summed E-state index contributed by atoms with van der Waals surface area (Å²) in [6.07, 6.45) is 5.60. The van der Waals surface area contributed by atoms with Crippen LogP contribution in [0.4, 0.5) is 9.93 Å². The number of rotatable bonds is 5. The molecule has 0 radical (unpaired) electrons. The van der Waals surface area contributed by atoms with E-state index in [4.69, 9.17) is 4.74 Å². The lowest BCUT2D eigenvalue weighted by atomic mass is 9.98. The first kappa shape index (κ1) is 18.7. The first-order valence-corrected chi connectivity index (χ1v) is 9.64. The molecule has 2 aromatic rings. The van der Waals surface area contributed by atoms with E-state index in [1.54, 1.807) is 17.3 Å². The van der Waals surface area contributed by atoms with Crippen LogP contribution in [0.5, 0.6) is 0 Å². The van der Waals surface area contributed by atoms with Crippen LogP contribution in [0, 0.1) is 0 Å². The number of hydrogen-bond acceptors (Lipinski definition) is 6. The van der Waals surface area contributed by atoms with E-state index in [0.29, 0.717) is 18.2 Å². The SMILES string of the molecule is CC(C)(C)c1nnc(NC(=O)N(Cc2cccnc2)CC2CCCO2)s1. The quantitative estimate of drug-likeness (QED) is 0.866. The Balaban J connectivity index is 1.70. The normalized spacial score (nSPS) is 17.3. The zero-order chi connectivity index (χ0) is 18.6. The van der Waals surface area contributed by atoms with Gasteiger partial charge >= 0.3 is 6.03 Å². The molecule has 8 heteroatoms. The lowest BCUT2D eigenvalue weighted by Gasteiger charge is -2.25. The average molecular weight is 375 g/mol. The van der Waals surface area contributed by atoms with Crippen molar-refractivity contribution in [3.05, 3.63) is 35.1 Å². The zero-order valence-corrected chi connectivity index (χ0v) is 16.3. The second-order valence-electron chi connectivity index (χ2n) is 7.47. The van der Waals surface area contributed by atoms with E-state index in [2.05, 4.69) is 41.3 Å². The number of ether oxygens (including phenoxy) is 1. The lowest BCUT2D eigenvalue weighted by Crippen LogP contribution is -2.39. The predicted molar refractivity (Wildman–Crippen MR) is 101 cm³/mol. The number of amides is 2. The summed E-state index contributed by atoms with van der Waals surface area (Å²) in [5, 5.41) is 12.6. The van der Waals surface area contributed by atoms with Crippen molar-refractivity contribution in [2.45, 2.75) is 51.7 Å². The number of nitrogens with one attached hydrogen (secondary N) is 1. The first-order chi connectivity index (χ1) is 12.4. The number of carbonyl (C=O) groups is 1. The molecular formula is C18H25N5O2S. The zero-order valence-electron chi connectivity index (χ0n) is 15.4. The molecule has 1 saturated heterocycles. The Labute approximate surface area is 157 Å². The minimum atomic E-state index is -0.194. The molecule has 2 aromatic heterocycles. The van der Waals surface area contributed by atoms with Crippen LogP contribution >= 0.6 is 11.3 Å². The number of anilines is 1. The van der Waals surface area contributed by atoms with Crippen molar-refractivity contribution in [2.24, 2.45) is 0 Å². The van der Waals surface area contributed by atoms with Gasteiger partial charge in [-0.25, -0.2) is 4.79 Å². The van der Waals surface area contributed by atoms with Gasteiger partial charge in [-0.05, 0) is 24.5 Å². The van der Waals surface area contributed by atoms with Gasteiger partial charge in [0.15, 0.2) is 0 Å². The van der Waals surface area contributed by atoms with Crippen LogP contribution in [0.1, 0.15) is 44.2 Å². The van der Waals surface area contributed by atoms with Gasteiger partial charge in [-0.1, -0.05) is 38.2 Å². The maximum atomic E-state index is 12.8. The third kappa shape index (κ3) is 4.98. The van der Waals surface area contributed by atoms with Gasteiger partial charge in [-0.2, -0.15) is 0 Å². The van der Waals surface area contributed by atoms with E-state index in [1.165, 1.54) is 11.3 Å². The summed E-state index contributed by atoms with van der Waals surface area (Å²) >= 11 is 1.41. The Hall–Kier alpha value is -2.06. The summed E-state index contributed by atoms with van der Waals surface area (Å²) in [4.78, 5) is 18.7. The molecule has 3 heterocycles. The number of carbonyl (C=O) groups excluding carboxylic acids is 1. The molecule has 26 heavy (non-hydrogen) atoms. The van der Waals surface area contributed by atoms with Gasteiger partial charge < -0.3 is 9.64 Å². The fourth-order valence-corrected chi connectivity index (χ4v) is 3.50. The molecule has 1 fully saturated rings. The van der Waals surface area contributed by atoms with Crippen LogP contribution in [-0.4, -0.2) is 45.4 Å². The summed E-state index contributed by atoms with van der Waals surface area (Å²) in [7, 11) is 0. The molecule has 1 unspecified atom stereocenters. The van der Waals surface area contributed by atoms with Gasteiger partial charge in [0.2, 0.25) is 5.13 Å². The molecule has 0 bridgehead atoms. The number of aromatic nitrogens is 3. The van der Waals surface area contributed by atoms with Gasteiger partial charge in [0, 0.05) is 37.5 Å². The lowest BCUT2D eigenvalue weighted by molar-refractivity contribution is 0.0819. The van der Waals surface area contributed by atoms with Crippen LogP contribution in [0.15, 0.2) is 24.5 Å². The van der Waals surface area contributed by atoms with Crippen molar-refractivity contribution in [1.82, 2.24) is 20.1 Å². The van der Waals surface area contributed by atoms with E-state index in [-0.39, 0.29) is 17.6 Å². The molecule has 2 amide bonds. The Kier molecular flexibility index (Phi) is 5.83. The highest BCUT2D eigenvalue weighted by Gasteiger charge is 2.25. The molecule has 0 saturated carbocycles. The molecule has 1 atom stereocenters. The van der Waals surface area contributed by atoms with Crippen molar-refractivity contribution in [1.29, 1.82) is 0 Å². The highest BCUT2D eigenvalue weighted by molar-refractivity contribution is 7.15. The molecule has 3 rings (SSSR count). The molecule has 140 valence electrons. The number of urea groups is 1. The smallest absolute Gasteiger partial charge is 0.324 e. The van der Waals surface area contributed by atoms with Crippen molar-refractivity contribution in [3.63, 3.8) is 0 Å². The molecule has 0 aromatic carbocycles. The van der Waals surface area contributed by atoms with Gasteiger partial charge in [-0.15, -0.1) is 10.2 Å². The van der Waals surface area contributed by atoms with E-state index in [0.717, 1.165) is 30.0 Å². The van der Waals surface area contributed by atoms with Crippen LogP contribution in [0.2, 0.25) is 0 Å². The first-order valence-electron chi connectivity index (χ1n) is 8.82. The monoisotopic (exact) mass is 375 g/mol. The Bertz CT molecular complexity index is 723. The highest BCUT2D eigenvalue weighted by Crippen LogP contribution is 2.28. The molecule has 1 aliphatic rings. The maximum Gasteiger partial charge on any atom is 0.324 e. The summed E-state index contributed by atoms with van der Waals surface area (Å²) in [6, 6.07) is 3.64. The van der Waals surface area contributed by atoms with Crippen molar-refractivity contribution >= 4 is 22.5 Å². The molecule has 1 aliphatic heterocycles. The van der Waals surface area contributed by atoms with E-state index < -0.39 is 0 Å². The highest BCUT2D eigenvalue weighted by atomic mass is 32.1. The second kappa shape index (κ2) is 8.09. The van der Waals surface area contributed by atoms with Crippen LogP contribution in [0.25, 0.3) is 0 Å². The predicted octanol–water partition coefficient (Wildman–Crippen LogP) is 3.44. The van der Waals surface area contributed by atoms with Crippen molar-refractivity contribution < 1.29 is 9.53 Å². The number of hydrogen-bond donors (Lipinski definition) is 1. The summed E-state index contributed by atoms with van der Waals surface area (Å²) < 4.78 is 5.71. The fraction of sp³-hybridized carbons (Fsp3) is 0.556. The van der Waals surface area contributed by atoms with Crippen LogP contribution < -0.4 is 5.32 Å². The molecule has 1 N–H and O–H groups in total. The standard InChI is InChI=1S/C18H25N5O2S/c1-18(2,3)15-21-22-16(26-15)20-17(24)23(12-14-7-5-9-25-14)11-13-6-4-8-19-10-13/h4,6,8,10,14H,5,7,9,11-12H2,1-3H3,(H,20,22,24). The third-order valence-corrected chi connectivity index (χ3v) is 5.38. The summed E-state index contributed by atoms with van der Waals surface area (Å²) in [5.74, 6) is 0. The second-order valence-corrected chi connectivity index (χ2v) is 8.45. The van der Waals surface area contributed by atoms with E-state index >= 15 is 0 Å². The van der Waals surface area contributed by atoms with Crippen molar-refractivity contribution in [3.8, 4) is 0 Å². The Morgan fingerprint density at radius 2 is 2.27 bits per heavy atom. The summed E-state index contributed by atoms with van der Waals surface area (Å²) in [5.41, 5.74) is 0.890. The van der Waals surface area contributed by atoms with Crippen molar-refractivity contribution in [2.75, 3.05) is 18.5 Å². The van der Waals surface area contributed by atoms with E-state index in [1.807, 2.05) is 12.1 Å². The molecule has 7 nitrogen and oxygen atoms in total. The Morgan fingerprint density at radius 3 is 2.88 bits per heavy atom. The van der Waals surface area contributed by atoms with Gasteiger partial charge in [0.25, 0.3) is 0 Å². The Morgan fingerprint density at radius 1 is 1.42 bits per heavy atom. The van der Waals surface area contributed by atoms with Crippen LogP contribution in [0.3, 0.4) is 0 Å². The summed E-state index contributed by atoms with van der Waals surface area (Å²) in [6.45, 7) is 8.01. The fourth-order valence-electron chi connectivity index (χ4n) is 2.71. The van der Waals surface area contributed by atoms with Gasteiger partial charge in [-0.3, -0.25) is 10.3 Å². The minimum absolute atomic E-state index is 0.0805. The van der Waals surface area contributed by atoms with Crippen LogP contribution in [-0.2, 0) is 16.7 Å². The topological polar surface area (TPSA) is 80.2 Å². The molecular weight excluding hydrogens is 350 g/mol. The maximum absolute atomic E-state index is 12.8. The number of nitrogens with zero attached hydrogens (tertiary/aromatic N) is 4. The largest absolute Gasteiger partial charge is 0.376 e. The minimum Gasteiger partial charge on any atom is -0.376 e. The third-order valence-electron chi connectivity index (χ3n) is 4.11. The van der Waals surface area contributed by atoms with Gasteiger partial charge in [0.05, 0.1) is 6.10 Å². The van der Waals surface area contributed by atoms with E-state index in [9.17, 15) is 4.79 Å². The molecule has 0 spiro atoms.